The van der Waals surface area contributed by atoms with Crippen LogP contribution in [0.4, 0.5) is 13.2 Å². The molecule has 0 fully saturated rings. The van der Waals surface area contributed by atoms with Crippen molar-refractivity contribution in [1.82, 2.24) is 0 Å². The van der Waals surface area contributed by atoms with Gasteiger partial charge in [0.2, 0.25) is 0 Å². The minimum Gasteiger partial charge on any atom is -0.286 e. The first-order valence-corrected chi connectivity index (χ1v) is 3.43. The number of alkyl halides is 3. The van der Waals surface area contributed by atoms with Gasteiger partial charge in [0.05, 0.1) is 6.26 Å². The van der Waals surface area contributed by atoms with Crippen LogP contribution >= 0.6 is 0 Å². The summed E-state index contributed by atoms with van der Waals surface area (Å²) < 4.78 is 54.9. The lowest BCUT2D eigenvalue weighted by molar-refractivity contribution is 0.00819. The molecule has 0 aromatic rings. The summed E-state index contributed by atoms with van der Waals surface area (Å²) in [5.74, 6) is 0. The van der Waals surface area contributed by atoms with Gasteiger partial charge in [-0.1, -0.05) is 0 Å². The van der Waals surface area contributed by atoms with Gasteiger partial charge in [-0.3, -0.25) is 4.55 Å². The van der Waals surface area contributed by atoms with E-state index < -0.39 is 16.8 Å². The lowest BCUT2D eigenvalue weighted by atomic mass is 11.6. The van der Waals surface area contributed by atoms with Crippen molar-refractivity contribution in [3.63, 3.8) is 0 Å². The minimum absolute atomic E-state index is 0.715. The maximum absolute atomic E-state index is 9.67. The summed E-state index contributed by atoms with van der Waals surface area (Å²) in [5, 5.41) is 0. The second-order valence-electron chi connectivity index (χ2n) is 0.980. The Balaban J connectivity index is 0. The SMILES string of the molecule is CS(=O)(=O)O.FC(F)F. The van der Waals surface area contributed by atoms with Gasteiger partial charge in [0, 0.05) is 0 Å². The van der Waals surface area contributed by atoms with Crippen LogP contribution < -0.4 is 0 Å². The maximum atomic E-state index is 9.67. The minimum atomic E-state index is -3.67. The van der Waals surface area contributed by atoms with Crippen molar-refractivity contribution in [1.29, 1.82) is 0 Å². The van der Waals surface area contributed by atoms with Crippen molar-refractivity contribution in [2.75, 3.05) is 6.26 Å². The van der Waals surface area contributed by atoms with Gasteiger partial charge >= 0.3 is 6.68 Å². The number of hydrogen-bond acceptors (Lipinski definition) is 2. The van der Waals surface area contributed by atoms with E-state index in [2.05, 4.69) is 0 Å². The van der Waals surface area contributed by atoms with Crippen LogP contribution in [0.3, 0.4) is 0 Å². The Morgan fingerprint density at radius 1 is 1.33 bits per heavy atom. The second-order valence-corrected chi connectivity index (χ2v) is 2.45. The van der Waals surface area contributed by atoms with E-state index in [0.29, 0.717) is 6.26 Å². The molecule has 0 aromatic heterocycles. The summed E-state index contributed by atoms with van der Waals surface area (Å²) in [5.41, 5.74) is 0. The molecular weight excluding hydrogens is 161 g/mol. The van der Waals surface area contributed by atoms with E-state index in [1.165, 1.54) is 0 Å². The van der Waals surface area contributed by atoms with Crippen molar-refractivity contribution in [2.45, 2.75) is 6.68 Å². The predicted molar refractivity (Wildman–Crippen MR) is 24.6 cm³/mol. The van der Waals surface area contributed by atoms with E-state index >= 15 is 0 Å². The van der Waals surface area contributed by atoms with Crippen molar-refractivity contribution < 1.29 is 26.1 Å². The zero-order valence-electron chi connectivity index (χ0n) is 4.38. The van der Waals surface area contributed by atoms with Crippen LogP contribution in [-0.2, 0) is 10.1 Å². The van der Waals surface area contributed by atoms with Crippen LogP contribution in [0.5, 0.6) is 0 Å². The Morgan fingerprint density at radius 2 is 1.33 bits per heavy atom. The molecule has 9 heavy (non-hydrogen) atoms. The van der Waals surface area contributed by atoms with Gasteiger partial charge in [-0.05, 0) is 0 Å². The van der Waals surface area contributed by atoms with E-state index in [9.17, 15) is 21.6 Å². The average molecular weight is 166 g/mol. The third-order valence-corrected chi connectivity index (χ3v) is 0. The van der Waals surface area contributed by atoms with Gasteiger partial charge in [-0.25, -0.2) is 0 Å². The van der Waals surface area contributed by atoms with E-state index in [0.717, 1.165) is 0 Å². The lowest BCUT2D eigenvalue weighted by Crippen LogP contribution is -1.88. The Labute approximate surface area is 50.2 Å². The molecule has 0 unspecified atom stereocenters. The molecule has 0 bridgehead atoms. The first-order chi connectivity index (χ1) is 3.73. The monoisotopic (exact) mass is 166 g/mol. The smallest absolute Gasteiger partial charge is 0.286 e. The molecule has 0 amide bonds. The number of halogens is 3. The zero-order chi connectivity index (χ0) is 8.08. The Bertz CT molecular complexity index is 128. The first-order valence-electron chi connectivity index (χ1n) is 1.58. The zero-order valence-corrected chi connectivity index (χ0v) is 5.20. The van der Waals surface area contributed by atoms with Gasteiger partial charge < -0.3 is 0 Å². The highest BCUT2D eigenvalue weighted by molar-refractivity contribution is 7.85. The standard InChI is InChI=1S/CHF3.CH4O3S/c2-1(3)4;1-5(2,3)4/h1H;1H3,(H,2,3,4). The van der Waals surface area contributed by atoms with Crippen LogP contribution in [0.15, 0.2) is 0 Å². The Kier molecular flexibility index (Phi) is 5.83. The van der Waals surface area contributed by atoms with E-state index in [-0.39, 0.29) is 0 Å². The molecule has 0 heterocycles. The van der Waals surface area contributed by atoms with E-state index in [1.807, 2.05) is 0 Å². The highest BCUT2D eigenvalue weighted by Crippen LogP contribution is 1.87. The topological polar surface area (TPSA) is 54.4 Å². The van der Waals surface area contributed by atoms with Gasteiger partial charge in [0.15, 0.2) is 0 Å². The molecule has 1 N–H and O–H groups in total. The summed E-state index contributed by atoms with van der Waals surface area (Å²) in [7, 11) is -3.67. The van der Waals surface area contributed by atoms with Crippen molar-refractivity contribution >= 4 is 10.1 Å². The third kappa shape index (κ3) is 2780. The van der Waals surface area contributed by atoms with Crippen LogP contribution in [-0.4, -0.2) is 25.9 Å². The van der Waals surface area contributed by atoms with E-state index in [1.54, 1.807) is 0 Å². The van der Waals surface area contributed by atoms with Crippen LogP contribution in [0, 0.1) is 0 Å². The molecule has 0 saturated heterocycles. The molecule has 0 aromatic carbocycles. The van der Waals surface area contributed by atoms with Crippen molar-refractivity contribution in [2.24, 2.45) is 0 Å². The molecule has 3 nitrogen and oxygen atoms in total. The summed E-state index contributed by atoms with van der Waals surface area (Å²) in [6.07, 6.45) is 0.715. The van der Waals surface area contributed by atoms with Gasteiger partial charge in [-0.15, -0.1) is 0 Å². The molecule has 0 aliphatic carbocycles. The fourth-order valence-electron chi connectivity index (χ4n) is 0. The van der Waals surface area contributed by atoms with E-state index in [4.69, 9.17) is 4.55 Å². The molecule has 58 valence electrons. The van der Waals surface area contributed by atoms with Gasteiger partial charge in [-0.2, -0.15) is 21.6 Å². The third-order valence-electron chi connectivity index (χ3n) is 0. The quantitative estimate of drug-likeness (QED) is 0.538. The predicted octanol–water partition coefficient (Wildman–Crippen LogP) is 0.683. The molecule has 0 rings (SSSR count). The summed E-state index contributed by atoms with van der Waals surface area (Å²) >= 11 is 0. The van der Waals surface area contributed by atoms with Crippen molar-refractivity contribution in [3.8, 4) is 0 Å². The molecule has 0 atom stereocenters. The number of hydrogen-bond donors (Lipinski definition) is 1. The number of rotatable bonds is 0. The summed E-state index contributed by atoms with van der Waals surface area (Å²) in [4.78, 5) is 0. The fraction of sp³-hybridized carbons (Fsp3) is 1.00. The van der Waals surface area contributed by atoms with Gasteiger partial charge in [0.25, 0.3) is 10.1 Å². The van der Waals surface area contributed by atoms with Gasteiger partial charge in [0.1, 0.15) is 0 Å². The molecule has 0 radical (unpaired) electrons. The van der Waals surface area contributed by atoms with Crippen molar-refractivity contribution in [3.05, 3.63) is 0 Å². The highest BCUT2D eigenvalue weighted by atomic mass is 32.2. The first kappa shape index (κ1) is 11.5. The Morgan fingerprint density at radius 3 is 1.33 bits per heavy atom. The largest absolute Gasteiger partial charge is 0.379 e. The normalized spacial score (nSPS) is 10.4. The molecule has 7 heteroatoms. The van der Waals surface area contributed by atoms with Crippen LogP contribution in [0.25, 0.3) is 0 Å². The molecule has 0 aliphatic rings. The maximum Gasteiger partial charge on any atom is 0.379 e. The Hall–Kier alpha value is -0.300. The van der Waals surface area contributed by atoms with Crippen LogP contribution in [0.2, 0.25) is 0 Å². The lowest BCUT2D eigenvalue weighted by Gasteiger charge is -1.69. The second kappa shape index (κ2) is 4.57. The summed E-state index contributed by atoms with van der Waals surface area (Å²) in [6.45, 7) is -3.67. The molecule has 0 spiro atoms. The molecule has 0 aliphatic heterocycles. The van der Waals surface area contributed by atoms with Crippen LogP contribution in [0.1, 0.15) is 0 Å². The summed E-state index contributed by atoms with van der Waals surface area (Å²) in [6, 6.07) is 0. The molecule has 0 saturated carbocycles. The fourth-order valence-corrected chi connectivity index (χ4v) is 0. The average Bonchev–Trinajstić information content (AvgIpc) is 1.19. The highest BCUT2D eigenvalue weighted by Gasteiger charge is 1.86. The molecular formula is C2H5F3O3S.